The molecule has 0 amide bonds. The Morgan fingerprint density at radius 2 is 2.12 bits per heavy atom. The minimum atomic E-state index is 0.290. The zero-order valence-corrected chi connectivity index (χ0v) is 11.1. The molecule has 1 aliphatic carbocycles. The lowest BCUT2D eigenvalue weighted by Gasteiger charge is -2.30. The molecule has 0 aliphatic heterocycles. The summed E-state index contributed by atoms with van der Waals surface area (Å²) in [6, 6.07) is 0. The van der Waals surface area contributed by atoms with Crippen molar-refractivity contribution in [1.82, 2.24) is 0 Å². The van der Waals surface area contributed by atoms with E-state index < -0.39 is 0 Å². The molecule has 0 fully saturated rings. The summed E-state index contributed by atoms with van der Waals surface area (Å²) in [5, 5.41) is 0. The van der Waals surface area contributed by atoms with Crippen molar-refractivity contribution in [2.75, 3.05) is 0 Å². The number of hydrogen-bond acceptors (Lipinski definition) is 1. The van der Waals surface area contributed by atoms with Crippen LogP contribution < -0.4 is 0 Å². The molecule has 0 spiro atoms. The van der Waals surface area contributed by atoms with Gasteiger partial charge in [0.05, 0.1) is 0 Å². The molecule has 0 unspecified atom stereocenters. The van der Waals surface area contributed by atoms with Crippen LogP contribution in [0.5, 0.6) is 0 Å². The molecule has 1 rings (SSSR count). The first-order valence-corrected chi connectivity index (χ1v) is 6.33. The summed E-state index contributed by atoms with van der Waals surface area (Å²) < 4.78 is 0. The van der Waals surface area contributed by atoms with E-state index in [4.69, 9.17) is 0 Å². The zero-order valence-electron chi connectivity index (χ0n) is 11.1. The predicted octanol–water partition coefficient (Wildman–Crippen LogP) is 4.44. The number of rotatable bonds is 4. The summed E-state index contributed by atoms with van der Waals surface area (Å²) in [6.07, 6.45) is 9.03. The van der Waals surface area contributed by atoms with Gasteiger partial charge in [0.15, 0.2) is 5.78 Å². The lowest BCUT2D eigenvalue weighted by atomic mass is 9.75. The molecule has 0 saturated heterocycles. The quantitative estimate of drug-likeness (QED) is 0.640. The SMILES string of the molecule is CCCCC(=O)/C=C1\C=C(C)CC(C)(C)C1. The van der Waals surface area contributed by atoms with Gasteiger partial charge in [-0.1, -0.05) is 38.8 Å². The van der Waals surface area contributed by atoms with E-state index in [1.165, 1.54) is 11.1 Å². The van der Waals surface area contributed by atoms with Crippen molar-refractivity contribution in [3.63, 3.8) is 0 Å². The summed E-state index contributed by atoms with van der Waals surface area (Å²) in [4.78, 5) is 11.7. The van der Waals surface area contributed by atoms with Crippen molar-refractivity contribution >= 4 is 5.78 Å². The molecule has 0 aromatic heterocycles. The number of ketones is 1. The highest BCUT2D eigenvalue weighted by Gasteiger charge is 2.23. The first-order valence-electron chi connectivity index (χ1n) is 6.33. The maximum atomic E-state index is 11.7. The Bertz CT molecular complexity index is 318. The Hall–Kier alpha value is -0.850. The molecule has 16 heavy (non-hydrogen) atoms. The second kappa shape index (κ2) is 5.47. The van der Waals surface area contributed by atoms with Crippen molar-refractivity contribution in [3.05, 3.63) is 23.3 Å². The van der Waals surface area contributed by atoms with Crippen LogP contribution in [-0.2, 0) is 4.79 Å². The maximum absolute atomic E-state index is 11.7. The van der Waals surface area contributed by atoms with E-state index in [9.17, 15) is 4.79 Å². The van der Waals surface area contributed by atoms with Crippen LogP contribution in [0.4, 0.5) is 0 Å². The number of hydrogen-bond donors (Lipinski definition) is 0. The van der Waals surface area contributed by atoms with Crippen molar-refractivity contribution in [2.24, 2.45) is 5.41 Å². The first-order chi connectivity index (χ1) is 7.43. The summed E-state index contributed by atoms with van der Waals surface area (Å²) in [5.74, 6) is 0.290. The van der Waals surface area contributed by atoms with E-state index in [2.05, 4.69) is 33.8 Å². The van der Waals surface area contributed by atoms with Crippen LogP contribution in [-0.4, -0.2) is 5.78 Å². The van der Waals surface area contributed by atoms with Gasteiger partial charge in [0.25, 0.3) is 0 Å². The van der Waals surface area contributed by atoms with Crippen molar-refractivity contribution in [2.45, 2.75) is 59.8 Å². The largest absolute Gasteiger partial charge is 0.295 e. The minimum absolute atomic E-state index is 0.290. The van der Waals surface area contributed by atoms with Gasteiger partial charge in [-0.2, -0.15) is 0 Å². The Morgan fingerprint density at radius 3 is 2.69 bits per heavy atom. The number of allylic oxidation sites excluding steroid dienone is 4. The Balaban J connectivity index is 2.69. The number of unbranched alkanes of at least 4 members (excludes halogenated alkanes) is 1. The summed E-state index contributed by atoms with van der Waals surface area (Å²) in [5.41, 5.74) is 2.93. The van der Waals surface area contributed by atoms with Crippen LogP contribution in [0.2, 0.25) is 0 Å². The van der Waals surface area contributed by atoms with Crippen molar-refractivity contribution < 1.29 is 4.79 Å². The summed E-state index contributed by atoms with van der Waals surface area (Å²) in [7, 11) is 0. The van der Waals surface area contributed by atoms with Gasteiger partial charge in [-0.15, -0.1) is 0 Å². The molecular weight excluding hydrogens is 196 g/mol. The van der Waals surface area contributed by atoms with Gasteiger partial charge in [-0.25, -0.2) is 0 Å². The molecule has 0 aromatic rings. The standard InChI is InChI=1S/C15H24O/c1-5-6-7-14(16)9-13-8-12(2)10-15(3,4)11-13/h8-9H,5-7,10-11H2,1-4H3/b13-9+. The van der Waals surface area contributed by atoms with Gasteiger partial charge < -0.3 is 0 Å². The number of carbonyl (C=O) groups is 1. The fourth-order valence-corrected chi connectivity index (χ4v) is 2.51. The van der Waals surface area contributed by atoms with Crippen LogP contribution in [0.1, 0.15) is 59.8 Å². The second-order valence-corrected chi connectivity index (χ2v) is 5.80. The zero-order chi connectivity index (χ0) is 12.2. The van der Waals surface area contributed by atoms with Gasteiger partial charge >= 0.3 is 0 Å². The fourth-order valence-electron chi connectivity index (χ4n) is 2.51. The molecule has 0 atom stereocenters. The monoisotopic (exact) mass is 220 g/mol. The predicted molar refractivity (Wildman–Crippen MR) is 69.4 cm³/mol. The molecule has 0 radical (unpaired) electrons. The average Bonchev–Trinajstić information content (AvgIpc) is 2.11. The molecule has 0 saturated carbocycles. The molecule has 1 nitrogen and oxygen atoms in total. The Kier molecular flexibility index (Phi) is 4.52. The molecule has 0 N–H and O–H groups in total. The third kappa shape index (κ3) is 4.34. The molecular formula is C15H24O. The van der Waals surface area contributed by atoms with E-state index in [1.54, 1.807) is 0 Å². The minimum Gasteiger partial charge on any atom is -0.295 e. The third-order valence-corrected chi connectivity index (χ3v) is 2.99. The molecule has 1 heteroatoms. The smallest absolute Gasteiger partial charge is 0.155 e. The van der Waals surface area contributed by atoms with Crippen LogP contribution >= 0.6 is 0 Å². The second-order valence-electron chi connectivity index (χ2n) is 5.80. The molecule has 1 aliphatic rings. The first kappa shape index (κ1) is 13.2. The fraction of sp³-hybridized carbons (Fsp3) is 0.667. The van der Waals surface area contributed by atoms with Crippen molar-refractivity contribution in [3.8, 4) is 0 Å². The normalized spacial score (nSPS) is 22.0. The highest BCUT2D eigenvalue weighted by molar-refractivity contribution is 5.90. The highest BCUT2D eigenvalue weighted by atomic mass is 16.1. The molecule has 0 heterocycles. The van der Waals surface area contributed by atoms with Crippen molar-refractivity contribution in [1.29, 1.82) is 0 Å². The van der Waals surface area contributed by atoms with E-state index in [0.29, 0.717) is 17.6 Å². The van der Waals surface area contributed by atoms with Gasteiger partial charge in [0.1, 0.15) is 0 Å². The van der Waals surface area contributed by atoms with Crippen LogP contribution in [0.15, 0.2) is 23.3 Å². The van der Waals surface area contributed by atoms with Gasteiger partial charge in [0, 0.05) is 6.42 Å². The highest BCUT2D eigenvalue weighted by Crippen LogP contribution is 2.37. The van der Waals surface area contributed by atoms with Crippen LogP contribution in [0, 0.1) is 5.41 Å². The third-order valence-electron chi connectivity index (χ3n) is 2.99. The lowest BCUT2D eigenvalue weighted by Crippen LogP contribution is -2.16. The maximum Gasteiger partial charge on any atom is 0.155 e. The average molecular weight is 220 g/mol. The van der Waals surface area contributed by atoms with Gasteiger partial charge in [-0.3, -0.25) is 4.79 Å². The van der Waals surface area contributed by atoms with E-state index in [0.717, 1.165) is 25.7 Å². The Labute approximate surface area is 99.6 Å². The van der Waals surface area contributed by atoms with E-state index in [1.807, 2.05) is 6.08 Å². The molecule has 0 bridgehead atoms. The van der Waals surface area contributed by atoms with E-state index in [-0.39, 0.29) is 0 Å². The molecule has 0 aromatic carbocycles. The summed E-state index contributed by atoms with van der Waals surface area (Å²) in [6.45, 7) is 8.82. The van der Waals surface area contributed by atoms with E-state index >= 15 is 0 Å². The lowest BCUT2D eigenvalue weighted by molar-refractivity contribution is -0.114. The van der Waals surface area contributed by atoms with Crippen LogP contribution in [0.3, 0.4) is 0 Å². The van der Waals surface area contributed by atoms with Gasteiger partial charge in [-0.05, 0) is 43.3 Å². The topological polar surface area (TPSA) is 17.1 Å². The summed E-state index contributed by atoms with van der Waals surface area (Å²) >= 11 is 0. The van der Waals surface area contributed by atoms with Gasteiger partial charge in [0.2, 0.25) is 0 Å². The number of carbonyl (C=O) groups excluding carboxylic acids is 1. The molecule has 90 valence electrons. The Morgan fingerprint density at radius 1 is 1.44 bits per heavy atom. The van der Waals surface area contributed by atoms with Crippen LogP contribution in [0.25, 0.3) is 0 Å².